The predicted octanol–water partition coefficient (Wildman–Crippen LogP) is 3.76. The van der Waals surface area contributed by atoms with Gasteiger partial charge in [0.05, 0.1) is 22.5 Å². The van der Waals surface area contributed by atoms with Crippen molar-refractivity contribution in [2.45, 2.75) is 26.9 Å². The predicted molar refractivity (Wildman–Crippen MR) is 73.2 cm³/mol. The molecule has 1 aromatic heterocycles. The number of hydrogen-bond acceptors (Lipinski definition) is 4. The first-order chi connectivity index (χ1) is 9.51. The van der Waals surface area contributed by atoms with E-state index in [2.05, 4.69) is 10.3 Å². The van der Waals surface area contributed by atoms with Crippen LogP contribution in [-0.4, -0.2) is 24.1 Å². The summed E-state index contributed by atoms with van der Waals surface area (Å²) in [7, 11) is 0. The zero-order valence-electron chi connectivity index (χ0n) is 11.8. The molecule has 0 unspecified atom stereocenters. The lowest BCUT2D eigenvalue weighted by Crippen LogP contribution is -2.25. The van der Waals surface area contributed by atoms with Crippen LogP contribution in [0.15, 0.2) is 12.3 Å². The number of alkyl halides is 3. The highest BCUT2D eigenvalue weighted by molar-refractivity contribution is 6.32. The number of nitrogens with one attached hydrogen (secondary N) is 1. The average molecular weight is 325 g/mol. The van der Waals surface area contributed by atoms with Crippen molar-refractivity contribution < 1.29 is 22.7 Å². The topological polar surface area (TPSA) is 51.2 Å². The Bertz CT molecular complexity index is 513. The molecule has 0 spiro atoms. The molecule has 0 aliphatic heterocycles. The largest absolute Gasteiger partial charge is 0.463 e. The Hall–Kier alpha value is -1.50. The molecule has 1 heterocycles. The molecule has 1 rings (SSSR count). The first kappa shape index (κ1) is 17.6. The summed E-state index contributed by atoms with van der Waals surface area (Å²) < 4.78 is 42.3. The molecular weight excluding hydrogens is 309 g/mol. The molecule has 0 bridgehead atoms. The smallest absolute Gasteiger partial charge is 0.417 e. The quantitative estimate of drug-likeness (QED) is 0.677. The first-order valence-corrected chi connectivity index (χ1v) is 6.53. The zero-order valence-corrected chi connectivity index (χ0v) is 12.6. The van der Waals surface area contributed by atoms with Gasteiger partial charge in [-0.3, -0.25) is 4.79 Å². The summed E-state index contributed by atoms with van der Waals surface area (Å²) in [4.78, 5) is 15.1. The molecule has 8 heteroatoms. The lowest BCUT2D eigenvalue weighted by molar-refractivity contribution is -0.152. The minimum absolute atomic E-state index is 0.0646. The van der Waals surface area contributed by atoms with E-state index in [0.717, 1.165) is 6.07 Å². The fourth-order valence-electron chi connectivity index (χ4n) is 1.25. The summed E-state index contributed by atoms with van der Waals surface area (Å²) in [5, 5.41) is 2.56. The highest BCUT2D eigenvalue weighted by Crippen LogP contribution is 2.32. The number of hydrogen-bond donors (Lipinski definition) is 1. The van der Waals surface area contributed by atoms with Crippen LogP contribution in [0.2, 0.25) is 5.02 Å². The van der Waals surface area contributed by atoms with Gasteiger partial charge in [-0.05, 0) is 26.8 Å². The van der Waals surface area contributed by atoms with E-state index in [1.165, 1.54) is 0 Å². The monoisotopic (exact) mass is 324 g/mol. The first-order valence-electron chi connectivity index (χ1n) is 6.15. The van der Waals surface area contributed by atoms with Gasteiger partial charge >= 0.3 is 12.1 Å². The number of pyridine rings is 1. The van der Waals surface area contributed by atoms with Gasteiger partial charge in [0.25, 0.3) is 0 Å². The third-order valence-electron chi connectivity index (χ3n) is 2.41. The Balaban J connectivity index is 2.52. The van der Waals surface area contributed by atoms with Crippen molar-refractivity contribution in [2.75, 3.05) is 18.5 Å². The van der Waals surface area contributed by atoms with Gasteiger partial charge in [-0.25, -0.2) is 4.98 Å². The van der Waals surface area contributed by atoms with Crippen LogP contribution in [-0.2, 0) is 15.7 Å². The standard InChI is InChI=1S/C13H16ClF3N2O2/c1-12(2,3)11(20)21-5-4-18-10-9(14)6-8(7-19-10)13(15,16)17/h6-7H,4-5H2,1-3H3,(H,18,19). The molecule has 0 atom stereocenters. The highest BCUT2D eigenvalue weighted by Gasteiger charge is 2.31. The number of ether oxygens (including phenoxy) is 1. The van der Waals surface area contributed by atoms with Gasteiger partial charge in [-0.15, -0.1) is 0 Å². The summed E-state index contributed by atoms with van der Waals surface area (Å²) >= 11 is 5.72. The Labute approximate surface area is 125 Å². The van der Waals surface area contributed by atoms with Crippen molar-refractivity contribution in [2.24, 2.45) is 5.41 Å². The van der Waals surface area contributed by atoms with Crippen LogP contribution in [0.4, 0.5) is 19.0 Å². The van der Waals surface area contributed by atoms with Gasteiger partial charge < -0.3 is 10.1 Å². The minimum Gasteiger partial charge on any atom is -0.463 e. The zero-order chi connectivity index (χ0) is 16.3. The fourth-order valence-corrected chi connectivity index (χ4v) is 1.49. The van der Waals surface area contributed by atoms with E-state index in [1.807, 2.05) is 0 Å². The third kappa shape index (κ3) is 5.41. The summed E-state index contributed by atoms with van der Waals surface area (Å²) in [6, 6.07) is 0.790. The molecule has 0 fully saturated rings. The SMILES string of the molecule is CC(C)(C)C(=O)OCCNc1ncc(C(F)(F)F)cc1Cl. The van der Waals surface area contributed by atoms with E-state index >= 15 is 0 Å². The Morgan fingerprint density at radius 1 is 1.38 bits per heavy atom. The van der Waals surface area contributed by atoms with Crippen LogP contribution in [0.25, 0.3) is 0 Å². The molecule has 1 N–H and O–H groups in total. The van der Waals surface area contributed by atoms with Crippen molar-refractivity contribution in [3.05, 3.63) is 22.8 Å². The third-order valence-corrected chi connectivity index (χ3v) is 2.70. The number of rotatable bonds is 4. The van der Waals surface area contributed by atoms with Gasteiger partial charge in [0.2, 0.25) is 0 Å². The number of halogens is 4. The Morgan fingerprint density at radius 2 is 2.00 bits per heavy atom. The molecule has 21 heavy (non-hydrogen) atoms. The van der Waals surface area contributed by atoms with E-state index in [0.29, 0.717) is 6.20 Å². The van der Waals surface area contributed by atoms with Crippen molar-refractivity contribution in [3.8, 4) is 0 Å². The van der Waals surface area contributed by atoms with E-state index < -0.39 is 17.2 Å². The molecule has 4 nitrogen and oxygen atoms in total. The number of carbonyl (C=O) groups excluding carboxylic acids is 1. The molecule has 0 aliphatic carbocycles. The van der Waals surface area contributed by atoms with Gasteiger partial charge in [-0.1, -0.05) is 11.6 Å². The summed E-state index contributed by atoms with van der Waals surface area (Å²) in [6.45, 7) is 5.42. The van der Waals surface area contributed by atoms with E-state index in [-0.39, 0.29) is 30.0 Å². The molecular formula is C13H16ClF3N2O2. The van der Waals surface area contributed by atoms with E-state index in [4.69, 9.17) is 16.3 Å². The van der Waals surface area contributed by atoms with Gasteiger partial charge in [0.1, 0.15) is 12.4 Å². The van der Waals surface area contributed by atoms with Crippen LogP contribution < -0.4 is 5.32 Å². The lowest BCUT2D eigenvalue weighted by atomic mass is 9.97. The average Bonchev–Trinajstić information content (AvgIpc) is 2.33. The summed E-state index contributed by atoms with van der Waals surface area (Å²) in [5.74, 6) is -0.257. The fraction of sp³-hybridized carbons (Fsp3) is 0.538. The molecule has 0 saturated heterocycles. The van der Waals surface area contributed by atoms with Crippen LogP contribution in [0.5, 0.6) is 0 Å². The van der Waals surface area contributed by atoms with Crippen LogP contribution in [0.1, 0.15) is 26.3 Å². The second-order valence-electron chi connectivity index (χ2n) is 5.36. The lowest BCUT2D eigenvalue weighted by Gasteiger charge is -2.17. The molecule has 1 aromatic rings. The number of aromatic nitrogens is 1. The van der Waals surface area contributed by atoms with E-state index in [9.17, 15) is 18.0 Å². The molecule has 118 valence electrons. The normalized spacial score (nSPS) is 12.1. The number of carbonyl (C=O) groups is 1. The maximum Gasteiger partial charge on any atom is 0.417 e. The highest BCUT2D eigenvalue weighted by atomic mass is 35.5. The summed E-state index contributed by atoms with van der Waals surface area (Å²) in [6.07, 6.45) is -3.80. The second-order valence-corrected chi connectivity index (χ2v) is 5.77. The number of nitrogens with zero attached hydrogens (tertiary/aromatic N) is 1. The Morgan fingerprint density at radius 3 is 2.48 bits per heavy atom. The number of esters is 1. The van der Waals surface area contributed by atoms with Crippen molar-refractivity contribution in [1.29, 1.82) is 0 Å². The van der Waals surface area contributed by atoms with Crippen LogP contribution in [0, 0.1) is 5.41 Å². The maximum absolute atomic E-state index is 12.4. The molecule has 0 aliphatic rings. The van der Waals surface area contributed by atoms with Gasteiger partial charge in [-0.2, -0.15) is 13.2 Å². The van der Waals surface area contributed by atoms with Gasteiger partial charge in [0, 0.05) is 6.20 Å². The molecule has 0 saturated carbocycles. The molecule has 0 amide bonds. The van der Waals surface area contributed by atoms with Crippen molar-refractivity contribution in [3.63, 3.8) is 0 Å². The van der Waals surface area contributed by atoms with E-state index in [1.54, 1.807) is 20.8 Å². The minimum atomic E-state index is -4.49. The molecule has 0 radical (unpaired) electrons. The second kappa shape index (κ2) is 6.51. The van der Waals surface area contributed by atoms with Gasteiger partial charge in [0.15, 0.2) is 0 Å². The molecule has 0 aromatic carbocycles. The maximum atomic E-state index is 12.4. The van der Waals surface area contributed by atoms with Crippen molar-refractivity contribution >= 4 is 23.4 Å². The summed E-state index contributed by atoms with van der Waals surface area (Å²) in [5.41, 5.74) is -1.53. The Kier molecular flexibility index (Phi) is 5.44. The number of anilines is 1. The van der Waals surface area contributed by atoms with Crippen LogP contribution in [0.3, 0.4) is 0 Å². The van der Waals surface area contributed by atoms with Crippen molar-refractivity contribution in [1.82, 2.24) is 4.98 Å². The van der Waals surface area contributed by atoms with Crippen LogP contribution >= 0.6 is 11.6 Å².